The van der Waals surface area contributed by atoms with E-state index in [9.17, 15) is 22.8 Å². The number of benzene rings is 1. The van der Waals surface area contributed by atoms with E-state index in [1.165, 1.54) is 9.80 Å². The predicted octanol–water partition coefficient (Wildman–Crippen LogP) is 2.13. The highest BCUT2D eigenvalue weighted by Crippen LogP contribution is 2.47. The fourth-order valence-electron chi connectivity index (χ4n) is 3.68. The van der Waals surface area contributed by atoms with Crippen molar-refractivity contribution in [2.24, 2.45) is 0 Å². The Balaban J connectivity index is 1.86. The average Bonchev–Trinajstić information content (AvgIpc) is 2.72. The number of aldehydes is 1. The molecule has 3 rings (SSSR count). The first-order valence-electron chi connectivity index (χ1n) is 7.52. The average molecular weight is 326 g/mol. The Morgan fingerprint density at radius 3 is 2.43 bits per heavy atom. The number of hydrogen-bond donors (Lipinski definition) is 0. The van der Waals surface area contributed by atoms with Crippen LogP contribution in [0.1, 0.15) is 18.4 Å². The summed E-state index contributed by atoms with van der Waals surface area (Å²) in [6.07, 6.45) is -2.87. The molecule has 1 amide bonds. The third kappa shape index (κ3) is 2.73. The smallest absolute Gasteiger partial charge is 0.304 e. The van der Waals surface area contributed by atoms with E-state index in [4.69, 9.17) is 0 Å². The van der Waals surface area contributed by atoms with Gasteiger partial charge in [0.15, 0.2) is 0 Å². The lowest BCUT2D eigenvalue weighted by atomic mass is 9.73. The Kier molecular flexibility index (Phi) is 3.91. The maximum atomic E-state index is 12.8. The Hall–Kier alpha value is -1.89. The van der Waals surface area contributed by atoms with E-state index < -0.39 is 18.1 Å². The SMILES string of the molecule is O=CCN1C(=O)C2(CCN(CC(F)(F)F)CC2)c2ccccc21. The first kappa shape index (κ1) is 16.0. The quantitative estimate of drug-likeness (QED) is 0.799. The number of hydrogen-bond acceptors (Lipinski definition) is 3. The fourth-order valence-corrected chi connectivity index (χ4v) is 3.68. The molecule has 1 spiro atoms. The number of rotatable bonds is 3. The highest BCUT2D eigenvalue weighted by Gasteiger charge is 2.52. The Labute approximate surface area is 131 Å². The van der Waals surface area contributed by atoms with Gasteiger partial charge < -0.3 is 9.69 Å². The van der Waals surface area contributed by atoms with Crippen LogP contribution in [0.3, 0.4) is 0 Å². The van der Waals surface area contributed by atoms with Crippen molar-refractivity contribution >= 4 is 17.9 Å². The molecule has 1 saturated heterocycles. The summed E-state index contributed by atoms with van der Waals surface area (Å²) in [6.45, 7) is -0.538. The molecule has 2 aliphatic heterocycles. The van der Waals surface area contributed by atoms with E-state index >= 15 is 0 Å². The molecule has 0 bridgehead atoms. The first-order chi connectivity index (χ1) is 10.9. The number of likely N-dealkylation sites (tertiary alicyclic amines) is 1. The highest BCUT2D eigenvalue weighted by atomic mass is 19.4. The Morgan fingerprint density at radius 1 is 1.17 bits per heavy atom. The van der Waals surface area contributed by atoms with E-state index in [0.717, 1.165) is 5.56 Å². The number of nitrogens with zero attached hydrogens (tertiary/aromatic N) is 2. The molecule has 0 N–H and O–H groups in total. The van der Waals surface area contributed by atoms with Crippen LogP contribution in [0.5, 0.6) is 0 Å². The lowest BCUT2D eigenvalue weighted by Gasteiger charge is -2.38. The van der Waals surface area contributed by atoms with E-state index in [2.05, 4.69) is 0 Å². The topological polar surface area (TPSA) is 40.6 Å². The van der Waals surface area contributed by atoms with E-state index in [1.54, 1.807) is 12.1 Å². The number of carbonyl (C=O) groups excluding carboxylic acids is 2. The molecule has 0 unspecified atom stereocenters. The third-order valence-corrected chi connectivity index (χ3v) is 4.73. The molecule has 0 atom stereocenters. The van der Waals surface area contributed by atoms with Crippen LogP contribution in [0.4, 0.5) is 18.9 Å². The summed E-state index contributed by atoms with van der Waals surface area (Å²) in [5, 5.41) is 0. The summed E-state index contributed by atoms with van der Waals surface area (Å²) in [6, 6.07) is 7.24. The van der Waals surface area contributed by atoms with Gasteiger partial charge >= 0.3 is 6.18 Å². The van der Waals surface area contributed by atoms with Crippen molar-refractivity contribution in [3.63, 3.8) is 0 Å². The van der Waals surface area contributed by atoms with Gasteiger partial charge in [-0.15, -0.1) is 0 Å². The Bertz CT molecular complexity index is 622. The molecule has 0 radical (unpaired) electrons. The van der Waals surface area contributed by atoms with Crippen molar-refractivity contribution in [3.05, 3.63) is 29.8 Å². The minimum Gasteiger partial charge on any atom is -0.304 e. The van der Waals surface area contributed by atoms with E-state index in [-0.39, 0.29) is 25.5 Å². The van der Waals surface area contributed by atoms with Gasteiger partial charge in [0.05, 0.1) is 18.5 Å². The summed E-state index contributed by atoms with van der Waals surface area (Å²) in [7, 11) is 0. The molecule has 0 aromatic heterocycles. The third-order valence-electron chi connectivity index (χ3n) is 4.73. The molecule has 1 fully saturated rings. The van der Waals surface area contributed by atoms with Gasteiger partial charge in [0.25, 0.3) is 0 Å². The lowest BCUT2D eigenvalue weighted by molar-refractivity contribution is -0.150. The predicted molar refractivity (Wildman–Crippen MR) is 78.3 cm³/mol. The van der Waals surface area contributed by atoms with Crippen molar-refractivity contribution in [2.75, 3.05) is 31.1 Å². The molecule has 0 saturated carbocycles. The van der Waals surface area contributed by atoms with Crippen molar-refractivity contribution in [2.45, 2.75) is 24.4 Å². The van der Waals surface area contributed by atoms with Gasteiger partial charge in [-0.2, -0.15) is 13.2 Å². The van der Waals surface area contributed by atoms with Crippen LogP contribution in [0.25, 0.3) is 0 Å². The van der Waals surface area contributed by atoms with Crippen LogP contribution in [0.2, 0.25) is 0 Å². The zero-order valence-electron chi connectivity index (χ0n) is 12.5. The zero-order chi connectivity index (χ0) is 16.7. The number of carbonyl (C=O) groups is 2. The number of halogens is 3. The van der Waals surface area contributed by atoms with Crippen LogP contribution in [0.15, 0.2) is 24.3 Å². The summed E-state index contributed by atoms with van der Waals surface area (Å²) in [5.41, 5.74) is 0.745. The standard InChI is InChI=1S/C16H17F3N2O2/c17-16(18,19)11-20-7-5-15(6-8-20)12-3-1-2-4-13(12)21(9-10-22)14(15)23/h1-4,10H,5-9,11H2. The lowest BCUT2D eigenvalue weighted by Crippen LogP contribution is -2.50. The van der Waals surface area contributed by atoms with Crippen LogP contribution >= 0.6 is 0 Å². The van der Waals surface area contributed by atoms with E-state index in [1.807, 2.05) is 12.1 Å². The molecule has 1 aromatic carbocycles. The van der Waals surface area contributed by atoms with Gasteiger partial charge in [-0.3, -0.25) is 9.69 Å². The number of anilines is 1. The molecule has 124 valence electrons. The number of fused-ring (bicyclic) bond motifs is 2. The maximum Gasteiger partial charge on any atom is 0.401 e. The molecule has 1 aromatic rings. The molecule has 7 heteroatoms. The molecular weight excluding hydrogens is 309 g/mol. The normalized spacial score (nSPS) is 20.8. The maximum absolute atomic E-state index is 12.8. The zero-order valence-corrected chi connectivity index (χ0v) is 12.5. The monoisotopic (exact) mass is 326 g/mol. The summed E-state index contributed by atoms with van der Waals surface area (Å²) < 4.78 is 37.6. The van der Waals surface area contributed by atoms with Gasteiger partial charge in [0.2, 0.25) is 5.91 Å². The van der Waals surface area contributed by atoms with Crippen LogP contribution in [-0.2, 0) is 15.0 Å². The molecule has 2 aliphatic rings. The minimum atomic E-state index is -4.23. The molecule has 2 heterocycles. The molecule has 4 nitrogen and oxygen atoms in total. The second-order valence-corrected chi connectivity index (χ2v) is 6.07. The first-order valence-corrected chi connectivity index (χ1v) is 7.52. The van der Waals surface area contributed by atoms with Gasteiger partial charge in [0, 0.05) is 5.69 Å². The van der Waals surface area contributed by atoms with Crippen molar-refractivity contribution in [1.82, 2.24) is 4.90 Å². The van der Waals surface area contributed by atoms with Gasteiger partial charge in [-0.1, -0.05) is 18.2 Å². The second-order valence-electron chi connectivity index (χ2n) is 6.07. The van der Waals surface area contributed by atoms with E-state index in [0.29, 0.717) is 24.8 Å². The van der Waals surface area contributed by atoms with Gasteiger partial charge in [-0.05, 0) is 37.6 Å². The highest BCUT2D eigenvalue weighted by molar-refractivity contribution is 6.09. The summed E-state index contributed by atoms with van der Waals surface area (Å²) >= 11 is 0. The molecule has 0 aliphatic carbocycles. The van der Waals surface area contributed by atoms with Gasteiger partial charge in [0.1, 0.15) is 6.29 Å². The summed E-state index contributed by atoms with van der Waals surface area (Å²) in [5.74, 6) is -0.169. The molecular formula is C16H17F3N2O2. The summed E-state index contributed by atoms with van der Waals surface area (Å²) in [4.78, 5) is 26.5. The fraction of sp³-hybridized carbons (Fsp3) is 0.500. The number of para-hydroxylation sites is 1. The largest absolute Gasteiger partial charge is 0.401 e. The number of alkyl halides is 3. The number of piperidine rings is 1. The van der Waals surface area contributed by atoms with Crippen molar-refractivity contribution in [1.29, 1.82) is 0 Å². The van der Waals surface area contributed by atoms with Crippen LogP contribution in [-0.4, -0.2) is 49.4 Å². The minimum absolute atomic E-state index is 0.0239. The van der Waals surface area contributed by atoms with Crippen LogP contribution < -0.4 is 4.90 Å². The van der Waals surface area contributed by atoms with Crippen molar-refractivity contribution in [3.8, 4) is 0 Å². The molecule has 23 heavy (non-hydrogen) atoms. The second kappa shape index (κ2) is 5.63. The van der Waals surface area contributed by atoms with Crippen molar-refractivity contribution < 1.29 is 22.8 Å². The Morgan fingerprint density at radius 2 is 1.83 bits per heavy atom. The van der Waals surface area contributed by atoms with Gasteiger partial charge in [-0.25, -0.2) is 0 Å². The van der Waals surface area contributed by atoms with Crippen LogP contribution in [0, 0.1) is 0 Å². The number of amides is 1.